The lowest BCUT2D eigenvalue weighted by atomic mass is 10.1. The first kappa shape index (κ1) is 21.5. The van der Waals surface area contributed by atoms with Crippen LogP contribution in [0.2, 0.25) is 0 Å². The van der Waals surface area contributed by atoms with E-state index >= 15 is 0 Å². The lowest BCUT2D eigenvalue weighted by molar-refractivity contribution is 0.0955. The van der Waals surface area contributed by atoms with Gasteiger partial charge in [-0.25, -0.2) is 9.50 Å². The molecular weight excluding hydrogens is 430 g/mol. The molecule has 8 heteroatoms. The van der Waals surface area contributed by atoms with Crippen molar-refractivity contribution in [1.29, 1.82) is 0 Å². The summed E-state index contributed by atoms with van der Waals surface area (Å²) in [6.45, 7) is 3.05. The molecule has 0 saturated heterocycles. The first-order chi connectivity index (χ1) is 16.7. The number of hydrogen-bond acceptors (Lipinski definition) is 5. The summed E-state index contributed by atoms with van der Waals surface area (Å²) in [5.74, 6) is 1.41. The van der Waals surface area contributed by atoms with E-state index in [-0.39, 0.29) is 5.91 Å². The fraction of sp³-hybridized carbons (Fsp3) is 0.192. The second kappa shape index (κ2) is 9.27. The second-order valence-corrected chi connectivity index (χ2v) is 7.81. The Hall–Kier alpha value is -4.33. The lowest BCUT2D eigenvalue weighted by Crippen LogP contribution is -2.25. The fourth-order valence-corrected chi connectivity index (χ4v) is 4.06. The van der Waals surface area contributed by atoms with Gasteiger partial charge in [0.25, 0.3) is 5.91 Å². The van der Waals surface area contributed by atoms with Gasteiger partial charge in [0.05, 0.1) is 25.6 Å². The Bertz CT molecular complexity index is 1450. The minimum Gasteiger partial charge on any atom is -0.497 e. The van der Waals surface area contributed by atoms with E-state index in [2.05, 4.69) is 20.4 Å². The fourth-order valence-electron chi connectivity index (χ4n) is 4.06. The molecule has 2 N–H and O–H groups in total. The molecule has 3 aromatic heterocycles. The van der Waals surface area contributed by atoms with Crippen LogP contribution in [0.5, 0.6) is 11.5 Å². The standard InChI is InChI=1S/C26H25N5O3/c1-3-34-19-6-4-17(5-7-19)24-11-13-27-25-22(16-30-31(24)25)26(32)28-12-10-18-15-29-23-9-8-20(33-2)14-21(18)23/h4-9,11,13-16,29H,3,10,12H2,1-2H3,(H,28,32). The monoisotopic (exact) mass is 455 g/mol. The van der Waals surface area contributed by atoms with E-state index in [1.807, 2.05) is 61.7 Å². The van der Waals surface area contributed by atoms with E-state index in [0.717, 1.165) is 39.2 Å². The maximum Gasteiger partial charge on any atom is 0.256 e. The molecule has 5 aromatic rings. The largest absolute Gasteiger partial charge is 0.497 e. The van der Waals surface area contributed by atoms with Crippen LogP contribution in [0.15, 0.2) is 67.1 Å². The van der Waals surface area contributed by atoms with Crippen LogP contribution >= 0.6 is 0 Å². The zero-order valence-electron chi connectivity index (χ0n) is 19.0. The summed E-state index contributed by atoms with van der Waals surface area (Å²) in [6.07, 6.45) is 5.91. The quantitative estimate of drug-likeness (QED) is 0.365. The molecule has 8 nitrogen and oxygen atoms in total. The van der Waals surface area contributed by atoms with Crippen LogP contribution in [-0.2, 0) is 6.42 Å². The lowest BCUT2D eigenvalue weighted by Gasteiger charge is -2.07. The molecule has 0 aliphatic carbocycles. The third-order valence-electron chi connectivity index (χ3n) is 5.76. The molecule has 0 fully saturated rings. The zero-order chi connectivity index (χ0) is 23.5. The van der Waals surface area contributed by atoms with Crippen LogP contribution in [0, 0.1) is 0 Å². The Morgan fingerprint density at radius 1 is 1.12 bits per heavy atom. The van der Waals surface area contributed by atoms with E-state index in [4.69, 9.17) is 9.47 Å². The molecule has 5 rings (SSSR count). The molecule has 0 radical (unpaired) electrons. The molecule has 0 bridgehead atoms. The number of rotatable bonds is 8. The molecule has 0 saturated carbocycles. The van der Waals surface area contributed by atoms with Gasteiger partial charge in [0.2, 0.25) is 0 Å². The van der Waals surface area contributed by atoms with Gasteiger partial charge in [0.15, 0.2) is 5.65 Å². The summed E-state index contributed by atoms with van der Waals surface area (Å²) >= 11 is 0. The number of benzene rings is 2. The van der Waals surface area contributed by atoms with Gasteiger partial charge < -0.3 is 19.8 Å². The highest BCUT2D eigenvalue weighted by molar-refractivity contribution is 6.00. The number of ether oxygens (including phenoxy) is 2. The Morgan fingerprint density at radius 2 is 1.94 bits per heavy atom. The third kappa shape index (κ3) is 4.05. The minimum absolute atomic E-state index is 0.205. The van der Waals surface area contributed by atoms with Crippen LogP contribution in [0.25, 0.3) is 27.8 Å². The van der Waals surface area contributed by atoms with Gasteiger partial charge in [-0.05, 0) is 67.4 Å². The van der Waals surface area contributed by atoms with Gasteiger partial charge in [-0.1, -0.05) is 0 Å². The summed E-state index contributed by atoms with van der Waals surface area (Å²) in [7, 11) is 1.65. The van der Waals surface area contributed by atoms with Crippen molar-refractivity contribution < 1.29 is 14.3 Å². The molecular formula is C26H25N5O3. The van der Waals surface area contributed by atoms with Gasteiger partial charge in [0.1, 0.15) is 17.1 Å². The number of nitrogens with one attached hydrogen (secondary N) is 2. The van der Waals surface area contributed by atoms with Crippen molar-refractivity contribution in [3.05, 3.63) is 78.2 Å². The summed E-state index contributed by atoms with van der Waals surface area (Å²) < 4.78 is 12.5. The first-order valence-corrected chi connectivity index (χ1v) is 11.2. The van der Waals surface area contributed by atoms with Crippen molar-refractivity contribution in [2.45, 2.75) is 13.3 Å². The van der Waals surface area contributed by atoms with E-state index in [9.17, 15) is 4.79 Å². The van der Waals surface area contributed by atoms with Crippen molar-refractivity contribution in [3.63, 3.8) is 0 Å². The Kier molecular flexibility index (Phi) is 5.86. The highest BCUT2D eigenvalue weighted by atomic mass is 16.5. The number of nitrogens with zero attached hydrogens (tertiary/aromatic N) is 3. The molecule has 2 aromatic carbocycles. The minimum atomic E-state index is -0.205. The van der Waals surface area contributed by atoms with Crippen molar-refractivity contribution in [2.24, 2.45) is 0 Å². The van der Waals surface area contributed by atoms with Gasteiger partial charge in [-0.2, -0.15) is 5.10 Å². The zero-order valence-corrected chi connectivity index (χ0v) is 19.0. The molecule has 34 heavy (non-hydrogen) atoms. The van der Waals surface area contributed by atoms with E-state index in [1.54, 1.807) is 24.0 Å². The number of aromatic amines is 1. The Morgan fingerprint density at radius 3 is 2.74 bits per heavy atom. The van der Waals surface area contributed by atoms with Crippen LogP contribution in [-0.4, -0.2) is 45.8 Å². The molecule has 172 valence electrons. The van der Waals surface area contributed by atoms with Crippen molar-refractivity contribution >= 4 is 22.5 Å². The number of aromatic nitrogens is 4. The molecule has 0 spiro atoms. The van der Waals surface area contributed by atoms with Crippen molar-refractivity contribution in [2.75, 3.05) is 20.3 Å². The Balaban J connectivity index is 1.32. The van der Waals surface area contributed by atoms with Crippen molar-refractivity contribution in [3.8, 4) is 22.8 Å². The van der Waals surface area contributed by atoms with Crippen LogP contribution in [0.3, 0.4) is 0 Å². The van der Waals surface area contributed by atoms with Crippen LogP contribution < -0.4 is 14.8 Å². The van der Waals surface area contributed by atoms with Gasteiger partial charge in [-0.15, -0.1) is 0 Å². The maximum absolute atomic E-state index is 12.9. The number of methoxy groups -OCH3 is 1. The molecule has 0 aliphatic heterocycles. The van der Waals surface area contributed by atoms with Crippen LogP contribution in [0.1, 0.15) is 22.8 Å². The summed E-state index contributed by atoms with van der Waals surface area (Å²) in [4.78, 5) is 20.6. The predicted octanol–water partition coefficient (Wildman–Crippen LogP) is 4.26. The van der Waals surface area contributed by atoms with E-state index < -0.39 is 0 Å². The molecule has 3 heterocycles. The SMILES string of the molecule is CCOc1ccc(-c2ccnc3c(C(=O)NCCc4c[nH]c5ccc(OC)cc45)cnn23)cc1. The Labute approximate surface area is 196 Å². The first-order valence-electron chi connectivity index (χ1n) is 11.2. The third-order valence-corrected chi connectivity index (χ3v) is 5.76. The molecule has 1 amide bonds. The molecule has 0 aliphatic rings. The molecule has 0 unspecified atom stereocenters. The summed E-state index contributed by atoms with van der Waals surface area (Å²) in [5, 5.41) is 8.52. The number of carbonyl (C=O) groups is 1. The predicted molar refractivity (Wildman–Crippen MR) is 130 cm³/mol. The highest BCUT2D eigenvalue weighted by Gasteiger charge is 2.16. The normalized spacial score (nSPS) is 11.1. The smallest absolute Gasteiger partial charge is 0.256 e. The van der Waals surface area contributed by atoms with Gasteiger partial charge >= 0.3 is 0 Å². The highest BCUT2D eigenvalue weighted by Crippen LogP contribution is 2.25. The van der Waals surface area contributed by atoms with Gasteiger partial charge in [-0.3, -0.25) is 4.79 Å². The average molecular weight is 456 g/mol. The number of carbonyl (C=O) groups excluding carboxylic acids is 1. The van der Waals surface area contributed by atoms with Crippen LogP contribution in [0.4, 0.5) is 0 Å². The average Bonchev–Trinajstić information content (AvgIpc) is 3.48. The maximum atomic E-state index is 12.9. The van der Waals surface area contributed by atoms with Gasteiger partial charge in [0, 0.05) is 35.4 Å². The molecule has 0 atom stereocenters. The summed E-state index contributed by atoms with van der Waals surface area (Å²) in [6, 6.07) is 15.6. The summed E-state index contributed by atoms with van der Waals surface area (Å²) in [5.41, 5.74) is 4.91. The topological polar surface area (TPSA) is 93.5 Å². The van der Waals surface area contributed by atoms with E-state index in [0.29, 0.717) is 30.8 Å². The second-order valence-electron chi connectivity index (χ2n) is 7.81. The van der Waals surface area contributed by atoms with Crippen molar-refractivity contribution in [1.82, 2.24) is 24.9 Å². The number of amides is 1. The number of H-pyrrole nitrogens is 1. The number of hydrogen-bond donors (Lipinski definition) is 2. The van der Waals surface area contributed by atoms with E-state index in [1.165, 1.54) is 0 Å². The number of fused-ring (bicyclic) bond motifs is 2.